The highest BCUT2D eigenvalue weighted by atomic mass is 19.1. The number of nitrogen functional groups attached to an aromatic ring is 1. The zero-order chi connectivity index (χ0) is 13.4. The van der Waals surface area contributed by atoms with Crippen molar-refractivity contribution in [3.63, 3.8) is 0 Å². The molecule has 0 spiro atoms. The van der Waals surface area contributed by atoms with Crippen molar-refractivity contribution in [2.75, 3.05) is 17.2 Å². The van der Waals surface area contributed by atoms with E-state index in [1.54, 1.807) is 6.07 Å². The summed E-state index contributed by atoms with van der Waals surface area (Å²) in [4.78, 5) is 2.12. The molecule has 2 aromatic rings. The molecular formula is C16H17FN2. The Morgan fingerprint density at radius 2 is 1.95 bits per heavy atom. The van der Waals surface area contributed by atoms with Gasteiger partial charge in [-0.15, -0.1) is 0 Å². The van der Waals surface area contributed by atoms with E-state index in [2.05, 4.69) is 30.0 Å². The summed E-state index contributed by atoms with van der Waals surface area (Å²) in [7, 11) is 0. The predicted octanol–water partition coefficient (Wildman–Crippen LogP) is 3.80. The Hall–Kier alpha value is -2.03. The summed E-state index contributed by atoms with van der Waals surface area (Å²) in [6, 6.07) is 11.0. The summed E-state index contributed by atoms with van der Waals surface area (Å²) in [5.41, 5.74) is 11.1. The molecule has 98 valence electrons. The second-order valence-corrected chi connectivity index (χ2v) is 5.09. The lowest BCUT2D eigenvalue weighted by molar-refractivity contribution is 0.627. The second-order valence-electron chi connectivity index (χ2n) is 5.09. The van der Waals surface area contributed by atoms with Gasteiger partial charge in [-0.2, -0.15) is 0 Å². The maximum absolute atomic E-state index is 13.5. The maximum Gasteiger partial charge on any atom is 0.125 e. The molecule has 19 heavy (non-hydrogen) atoms. The van der Waals surface area contributed by atoms with Crippen LogP contribution < -0.4 is 10.6 Å². The highest BCUT2D eigenvalue weighted by Crippen LogP contribution is 2.37. The second kappa shape index (κ2) is 4.57. The molecule has 0 atom stereocenters. The topological polar surface area (TPSA) is 29.3 Å². The standard InChI is InChI=1S/C16H17FN2/c1-11-4-7-15-12(9-11)3-2-8-19(15)16-10-13(17)5-6-14(16)18/h4-7,9-10H,2-3,8,18H2,1H3. The first-order valence-electron chi connectivity index (χ1n) is 6.57. The first-order chi connectivity index (χ1) is 9.15. The fourth-order valence-corrected chi connectivity index (χ4v) is 2.73. The third-order valence-electron chi connectivity index (χ3n) is 3.64. The van der Waals surface area contributed by atoms with Crippen molar-refractivity contribution in [1.82, 2.24) is 0 Å². The molecule has 0 saturated heterocycles. The van der Waals surface area contributed by atoms with Gasteiger partial charge in [0.15, 0.2) is 0 Å². The molecule has 0 fully saturated rings. The van der Waals surface area contributed by atoms with Gasteiger partial charge < -0.3 is 10.6 Å². The molecule has 0 radical (unpaired) electrons. The number of hydrogen-bond donors (Lipinski definition) is 1. The van der Waals surface area contributed by atoms with Crippen molar-refractivity contribution in [3.05, 3.63) is 53.3 Å². The Morgan fingerprint density at radius 3 is 2.79 bits per heavy atom. The van der Waals surface area contributed by atoms with Crippen LogP contribution in [0.2, 0.25) is 0 Å². The summed E-state index contributed by atoms with van der Waals surface area (Å²) in [6.07, 6.45) is 2.13. The van der Waals surface area contributed by atoms with Gasteiger partial charge in [-0.3, -0.25) is 0 Å². The molecular weight excluding hydrogens is 239 g/mol. The molecule has 3 rings (SSSR count). The minimum absolute atomic E-state index is 0.247. The van der Waals surface area contributed by atoms with Crippen LogP contribution >= 0.6 is 0 Å². The van der Waals surface area contributed by atoms with Gasteiger partial charge in [0.1, 0.15) is 5.82 Å². The van der Waals surface area contributed by atoms with Crippen LogP contribution in [0.5, 0.6) is 0 Å². The van der Waals surface area contributed by atoms with Crippen LogP contribution in [0, 0.1) is 12.7 Å². The molecule has 1 heterocycles. The number of halogens is 1. The smallest absolute Gasteiger partial charge is 0.125 e. The summed E-state index contributed by atoms with van der Waals surface area (Å²) in [6.45, 7) is 2.97. The molecule has 0 bridgehead atoms. The third kappa shape index (κ3) is 2.16. The van der Waals surface area contributed by atoms with Gasteiger partial charge in [0.25, 0.3) is 0 Å². The average molecular weight is 256 g/mol. The van der Waals surface area contributed by atoms with Gasteiger partial charge in [-0.1, -0.05) is 17.7 Å². The van der Waals surface area contributed by atoms with Crippen molar-refractivity contribution in [2.45, 2.75) is 19.8 Å². The van der Waals surface area contributed by atoms with Crippen molar-refractivity contribution in [2.24, 2.45) is 0 Å². The average Bonchev–Trinajstić information content (AvgIpc) is 2.40. The summed E-state index contributed by atoms with van der Waals surface area (Å²) in [5, 5.41) is 0. The highest BCUT2D eigenvalue weighted by Gasteiger charge is 2.20. The summed E-state index contributed by atoms with van der Waals surface area (Å²) < 4.78 is 13.5. The predicted molar refractivity (Wildman–Crippen MR) is 77.3 cm³/mol. The van der Waals surface area contributed by atoms with Crippen molar-refractivity contribution < 1.29 is 4.39 Å². The first-order valence-corrected chi connectivity index (χ1v) is 6.57. The molecule has 0 saturated carbocycles. The van der Waals surface area contributed by atoms with Crippen LogP contribution in [0.4, 0.5) is 21.5 Å². The summed E-state index contributed by atoms with van der Waals surface area (Å²) >= 11 is 0. The quantitative estimate of drug-likeness (QED) is 0.786. The molecule has 0 amide bonds. The number of nitrogens with two attached hydrogens (primary N) is 1. The number of anilines is 3. The Labute approximate surface area is 112 Å². The van der Waals surface area contributed by atoms with E-state index in [1.807, 2.05) is 0 Å². The Bertz CT molecular complexity index is 622. The third-order valence-corrected chi connectivity index (χ3v) is 3.64. The zero-order valence-electron chi connectivity index (χ0n) is 11.0. The van der Waals surface area contributed by atoms with E-state index in [0.717, 1.165) is 30.8 Å². The van der Waals surface area contributed by atoms with Crippen LogP contribution in [-0.4, -0.2) is 6.54 Å². The maximum atomic E-state index is 13.5. The van der Waals surface area contributed by atoms with Gasteiger partial charge in [0.2, 0.25) is 0 Å². The Kier molecular flexibility index (Phi) is 2.90. The van der Waals surface area contributed by atoms with Gasteiger partial charge in [0.05, 0.1) is 11.4 Å². The van der Waals surface area contributed by atoms with Crippen LogP contribution in [0.25, 0.3) is 0 Å². The van der Waals surface area contributed by atoms with Gasteiger partial charge >= 0.3 is 0 Å². The summed E-state index contributed by atoms with van der Waals surface area (Å²) in [5.74, 6) is -0.247. The normalized spacial score (nSPS) is 14.3. The molecule has 1 aliphatic rings. The van der Waals surface area contributed by atoms with E-state index in [9.17, 15) is 4.39 Å². The molecule has 0 unspecified atom stereocenters. The molecule has 2 aromatic carbocycles. The SMILES string of the molecule is Cc1ccc2c(c1)CCCN2c1cc(F)ccc1N. The van der Waals surface area contributed by atoms with Gasteiger partial charge in [-0.05, 0) is 49.6 Å². The molecule has 2 N–H and O–H groups in total. The number of fused-ring (bicyclic) bond motifs is 1. The van der Waals surface area contributed by atoms with E-state index >= 15 is 0 Å². The molecule has 0 aromatic heterocycles. The lowest BCUT2D eigenvalue weighted by Crippen LogP contribution is -2.25. The van der Waals surface area contributed by atoms with E-state index < -0.39 is 0 Å². The molecule has 2 nitrogen and oxygen atoms in total. The number of hydrogen-bond acceptors (Lipinski definition) is 2. The van der Waals surface area contributed by atoms with E-state index in [1.165, 1.54) is 23.3 Å². The highest BCUT2D eigenvalue weighted by molar-refractivity contribution is 5.77. The lowest BCUT2D eigenvalue weighted by Gasteiger charge is -2.32. The fourth-order valence-electron chi connectivity index (χ4n) is 2.73. The zero-order valence-corrected chi connectivity index (χ0v) is 11.0. The van der Waals surface area contributed by atoms with Crippen LogP contribution in [0.1, 0.15) is 17.5 Å². The monoisotopic (exact) mass is 256 g/mol. The van der Waals surface area contributed by atoms with E-state index in [-0.39, 0.29) is 5.82 Å². The Morgan fingerprint density at radius 1 is 1.11 bits per heavy atom. The molecule has 0 aliphatic carbocycles. The Balaban J connectivity index is 2.11. The van der Waals surface area contributed by atoms with Crippen LogP contribution in [-0.2, 0) is 6.42 Å². The number of nitrogens with zero attached hydrogens (tertiary/aromatic N) is 1. The lowest BCUT2D eigenvalue weighted by atomic mass is 9.99. The van der Waals surface area contributed by atoms with Gasteiger partial charge in [0, 0.05) is 12.2 Å². The van der Waals surface area contributed by atoms with Crippen LogP contribution in [0.3, 0.4) is 0 Å². The number of rotatable bonds is 1. The van der Waals surface area contributed by atoms with Crippen molar-refractivity contribution >= 4 is 17.1 Å². The first kappa shape index (κ1) is 12.0. The minimum Gasteiger partial charge on any atom is -0.397 e. The fraction of sp³-hybridized carbons (Fsp3) is 0.250. The molecule has 3 heteroatoms. The van der Waals surface area contributed by atoms with E-state index in [0.29, 0.717) is 5.69 Å². The molecule has 1 aliphatic heterocycles. The number of aryl methyl sites for hydroxylation is 2. The van der Waals surface area contributed by atoms with Crippen molar-refractivity contribution in [3.8, 4) is 0 Å². The van der Waals surface area contributed by atoms with Crippen molar-refractivity contribution in [1.29, 1.82) is 0 Å². The van der Waals surface area contributed by atoms with Gasteiger partial charge in [-0.25, -0.2) is 4.39 Å². The van der Waals surface area contributed by atoms with Crippen LogP contribution in [0.15, 0.2) is 36.4 Å². The van der Waals surface area contributed by atoms with E-state index in [4.69, 9.17) is 5.73 Å². The largest absolute Gasteiger partial charge is 0.397 e. The number of benzene rings is 2. The minimum atomic E-state index is -0.247.